The van der Waals surface area contributed by atoms with Crippen molar-refractivity contribution in [2.45, 2.75) is 19.8 Å². The van der Waals surface area contributed by atoms with E-state index >= 15 is 0 Å². The standard InChI is InChI=1S/C20H23N5O2/c1-16-14-17(15-21)23-20(22-16)25-11-9-24(10-12-25)19(26)8-5-13-27-18-6-3-2-4-7-18/h2-4,6-7,14H,5,8-13H2,1H3. The van der Waals surface area contributed by atoms with E-state index in [0.29, 0.717) is 57.3 Å². The van der Waals surface area contributed by atoms with E-state index in [1.807, 2.05) is 47.1 Å². The van der Waals surface area contributed by atoms with Crippen LogP contribution in [0.4, 0.5) is 5.95 Å². The van der Waals surface area contributed by atoms with E-state index in [0.717, 1.165) is 11.4 Å². The second-order valence-corrected chi connectivity index (χ2v) is 6.44. The van der Waals surface area contributed by atoms with Crippen molar-refractivity contribution in [3.63, 3.8) is 0 Å². The lowest BCUT2D eigenvalue weighted by Gasteiger charge is -2.35. The molecule has 1 saturated heterocycles. The lowest BCUT2D eigenvalue weighted by molar-refractivity contribution is -0.131. The van der Waals surface area contributed by atoms with E-state index in [4.69, 9.17) is 10.00 Å². The fourth-order valence-corrected chi connectivity index (χ4v) is 3.00. The maximum absolute atomic E-state index is 12.4. The minimum absolute atomic E-state index is 0.147. The van der Waals surface area contributed by atoms with E-state index in [1.165, 1.54) is 0 Å². The Morgan fingerprint density at radius 2 is 1.93 bits per heavy atom. The maximum Gasteiger partial charge on any atom is 0.226 e. The van der Waals surface area contributed by atoms with Gasteiger partial charge in [0.2, 0.25) is 11.9 Å². The molecule has 0 unspecified atom stereocenters. The van der Waals surface area contributed by atoms with Crippen LogP contribution in [-0.2, 0) is 4.79 Å². The highest BCUT2D eigenvalue weighted by atomic mass is 16.5. The molecule has 1 amide bonds. The van der Waals surface area contributed by atoms with Crippen molar-refractivity contribution in [1.82, 2.24) is 14.9 Å². The van der Waals surface area contributed by atoms with Gasteiger partial charge < -0.3 is 14.5 Å². The first-order chi connectivity index (χ1) is 13.2. The van der Waals surface area contributed by atoms with Crippen molar-refractivity contribution in [2.24, 2.45) is 0 Å². The topological polar surface area (TPSA) is 82.4 Å². The van der Waals surface area contributed by atoms with Crippen molar-refractivity contribution >= 4 is 11.9 Å². The van der Waals surface area contributed by atoms with E-state index in [9.17, 15) is 4.79 Å². The zero-order chi connectivity index (χ0) is 19.1. The first kappa shape index (κ1) is 18.6. The number of carbonyl (C=O) groups is 1. The third-order valence-electron chi connectivity index (χ3n) is 4.42. The summed E-state index contributed by atoms with van der Waals surface area (Å²) in [5, 5.41) is 9.05. The van der Waals surface area contributed by atoms with Crippen molar-refractivity contribution in [1.29, 1.82) is 5.26 Å². The van der Waals surface area contributed by atoms with Gasteiger partial charge >= 0.3 is 0 Å². The Bertz CT molecular complexity index is 811. The Balaban J connectivity index is 1.43. The van der Waals surface area contributed by atoms with Crippen LogP contribution in [0.5, 0.6) is 5.75 Å². The summed E-state index contributed by atoms with van der Waals surface area (Å²) in [7, 11) is 0. The number of ether oxygens (including phenoxy) is 1. The van der Waals surface area contributed by atoms with Crippen LogP contribution in [0.15, 0.2) is 36.4 Å². The molecule has 0 N–H and O–H groups in total. The number of nitriles is 1. The summed E-state index contributed by atoms with van der Waals surface area (Å²) >= 11 is 0. The molecule has 1 fully saturated rings. The van der Waals surface area contributed by atoms with Crippen molar-refractivity contribution in [2.75, 3.05) is 37.7 Å². The average molecular weight is 365 g/mol. The van der Waals surface area contributed by atoms with E-state index in [-0.39, 0.29) is 5.91 Å². The summed E-state index contributed by atoms with van der Waals surface area (Å²) in [6.45, 7) is 4.99. The zero-order valence-corrected chi connectivity index (χ0v) is 15.5. The van der Waals surface area contributed by atoms with Gasteiger partial charge in [-0.05, 0) is 31.5 Å². The summed E-state index contributed by atoms with van der Waals surface area (Å²) in [5.41, 5.74) is 1.14. The van der Waals surface area contributed by atoms with Crippen LogP contribution < -0.4 is 9.64 Å². The van der Waals surface area contributed by atoms with Gasteiger partial charge in [-0.2, -0.15) is 5.26 Å². The van der Waals surface area contributed by atoms with Crippen LogP contribution in [0.25, 0.3) is 0 Å². The summed E-state index contributed by atoms with van der Waals surface area (Å²) in [6, 6.07) is 13.3. The van der Waals surface area contributed by atoms with Gasteiger partial charge in [-0.3, -0.25) is 4.79 Å². The summed E-state index contributed by atoms with van der Waals surface area (Å²) < 4.78 is 5.63. The molecule has 0 spiro atoms. The predicted molar refractivity (Wildman–Crippen MR) is 101 cm³/mol. The van der Waals surface area contributed by atoms with Crippen LogP contribution in [0, 0.1) is 18.3 Å². The molecular weight excluding hydrogens is 342 g/mol. The van der Waals surface area contributed by atoms with Crippen LogP contribution in [0.2, 0.25) is 0 Å². The number of anilines is 1. The van der Waals surface area contributed by atoms with Crippen LogP contribution in [0.3, 0.4) is 0 Å². The first-order valence-electron chi connectivity index (χ1n) is 9.12. The second kappa shape index (κ2) is 8.99. The normalized spacial score (nSPS) is 13.9. The highest BCUT2D eigenvalue weighted by Gasteiger charge is 2.22. The number of piperazine rings is 1. The molecule has 140 valence electrons. The highest BCUT2D eigenvalue weighted by molar-refractivity contribution is 5.76. The number of hydrogen-bond acceptors (Lipinski definition) is 6. The quantitative estimate of drug-likeness (QED) is 0.730. The van der Waals surface area contributed by atoms with E-state index in [1.54, 1.807) is 6.07 Å². The molecule has 3 rings (SSSR count). The Morgan fingerprint density at radius 1 is 1.19 bits per heavy atom. The zero-order valence-electron chi connectivity index (χ0n) is 15.5. The second-order valence-electron chi connectivity index (χ2n) is 6.44. The highest BCUT2D eigenvalue weighted by Crippen LogP contribution is 2.14. The molecule has 1 aromatic carbocycles. The number of hydrogen-bond donors (Lipinski definition) is 0. The van der Waals surface area contributed by atoms with Crippen molar-refractivity contribution in [3.05, 3.63) is 47.8 Å². The summed E-state index contributed by atoms with van der Waals surface area (Å²) in [6.07, 6.45) is 1.17. The van der Waals surface area contributed by atoms with Crippen LogP contribution >= 0.6 is 0 Å². The van der Waals surface area contributed by atoms with Gasteiger partial charge in [0.25, 0.3) is 0 Å². The molecule has 0 radical (unpaired) electrons. The monoisotopic (exact) mass is 365 g/mol. The van der Waals surface area contributed by atoms with Crippen molar-refractivity contribution in [3.8, 4) is 11.8 Å². The molecule has 0 aliphatic carbocycles. The number of rotatable bonds is 6. The third kappa shape index (κ3) is 5.17. The molecule has 0 bridgehead atoms. The van der Waals surface area contributed by atoms with E-state index < -0.39 is 0 Å². The van der Waals surface area contributed by atoms with Crippen LogP contribution in [0.1, 0.15) is 24.2 Å². The van der Waals surface area contributed by atoms with Gasteiger partial charge in [0.1, 0.15) is 17.5 Å². The Labute approximate surface area is 159 Å². The molecule has 2 aromatic rings. The molecule has 0 saturated carbocycles. The largest absolute Gasteiger partial charge is 0.494 e. The molecule has 1 aromatic heterocycles. The Morgan fingerprint density at radius 3 is 2.63 bits per heavy atom. The molecule has 2 heterocycles. The predicted octanol–water partition coefficient (Wildman–Crippen LogP) is 2.16. The van der Waals surface area contributed by atoms with Crippen molar-refractivity contribution < 1.29 is 9.53 Å². The maximum atomic E-state index is 12.4. The third-order valence-corrected chi connectivity index (χ3v) is 4.42. The molecule has 0 atom stereocenters. The SMILES string of the molecule is Cc1cc(C#N)nc(N2CCN(C(=O)CCCOc3ccccc3)CC2)n1. The lowest BCUT2D eigenvalue weighted by atomic mass is 10.2. The summed E-state index contributed by atoms with van der Waals surface area (Å²) in [5.74, 6) is 1.54. The number of carbonyl (C=O) groups excluding carboxylic acids is 1. The smallest absolute Gasteiger partial charge is 0.226 e. The fraction of sp³-hybridized carbons (Fsp3) is 0.400. The molecule has 7 nitrogen and oxygen atoms in total. The minimum Gasteiger partial charge on any atom is -0.494 e. The van der Waals surface area contributed by atoms with Gasteiger partial charge in [-0.15, -0.1) is 0 Å². The molecule has 27 heavy (non-hydrogen) atoms. The number of nitrogens with zero attached hydrogens (tertiary/aromatic N) is 5. The molecular formula is C20H23N5O2. The number of aryl methyl sites for hydroxylation is 1. The van der Waals surface area contributed by atoms with Crippen LogP contribution in [-0.4, -0.2) is 53.6 Å². The first-order valence-corrected chi connectivity index (χ1v) is 9.12. The molecule has 1 aliphatic heterocycles. The van der Waals surface area contributed by atoms with Gasteiger partial charge in [0, 0.05) is 38.3 Å². The minimum atomic E-state index is 0.147. The number of para-hydroxylation sites is 1. The van der Waals surface area contributed by atoms with Gasteiger partial charge in [0.15, 0.2) is 0 Å². The lowest BCUT2D eigenvalue weighted by Crippen LogP contribution is -2.49. The molecule has 7 heteroatoms. The Kier molecular flexibility index (Phi) is 6.21. The van der Waals surface area contributed by atoms with Gasteiger partial charge in [0.05, 0.1) is 6.61 Å². The average Bonchev–Trinajstić information content (AvgIpc) is 2.71. The Hall–Kier alpha value is -3.14. The van der Waals surface area contributed by atoms with Gasteiger partial charge in [-0.25, -0.2) is 9.97 Å². The fourth-order valence-electron chi connectivity index (χ4n) is 3.00. The number of aromatic nitrogens is 2. The van der Waals surface area contributed by atoms with E-state index in [2.05, 4.69) is 16.0 Å². The summed E-state index contributed by atoms with van der Waals surface area (Å²) in [4.78, 5) is 25.0. The molecule has 1 aliphatic rings. The van der Waals surface area contributed by atoms with Gasteiger partial charge in [-0.1, -0.05) is 18.2 Å². The number of benzene rings is 1. The number of amides is 1.